The van der Waals surface area contributed by atoms with E-state index in [-0.39, 0.29) is 17.7 Å². The minimum Gasteiger partial charge on any atom is -0.439 e. The summed E-state index contributed by atoms with van der Waals surface area (Å²) >= 11 is 0. The maximum atomic E-state index is 12.8. The Balaban J connectivity index is 1.70. The fraction of sp³-hybridized carbons (Fsp3) is 0.545. The summed E-state index contributed by atoms with van der Waals surface area (Å²) in [5, 5.41) is 0. The van der Waals surface area contributed by atoms with Crippen LogP contribution < -0.4 is 4.90 Å². The molecule has 0 radical (unpaired) electrons. The molecule has 0 aliphatic carbocycles. The van der Waals surface area contributed by atoms with Crippen LogP contribution in [0.15, 0.2) is 22.9 Å². The molecule has 0 spiro atoms. The van der Waals surface area contributed by atoms with Crippen LogP contribution in [0.2, 0.25) is 0 Å². The van der Waals surface area contributed by atoms with Crippen molar-refractivity contribution in [2.45, 2.75) is 58.9 Å². The third kappa shape index (κ3) is 3.06. The van der Waals surface area contributed by atoms with Gasteiger partial charge >= 0.3 is 0 Å². The fourth-order valence-electron chi connectivity index (χ4n) is 4.41. The molecule has 0 N–H and O–H groups in total. The van der Waals surface area contributed by atoms with E-state index in [1.54, 1.807) is 0 Å². The van der Waals surface area contributed by atoms with E-state index in [0.717, 1.165) is 24.8 Å². The summed E-state index contributed by atoms with van der Waals surface area (Å²) in [6.45, 7) is 8.39. The molecule has 1 saturated heterocycles. The van der Waals surface area contributed by atoms with E-state index in [1.165, 1.54) is 42.7 Å². The number of rotatable bonds is 3. The molecule has 1 aromatic rings. The molecular weight excluding hydrogens is 324 g/mol. The van der Waals surface area contributed by atoms with Crippen LogP contribution >= 0.6 is 0 Å². The SMILES string of the molecule is CCC1C(=O)/C(=C\c2cc3c4c(c2)CCCN4CCC3)OC1=NC(C)C. The van der Waals surface area contributed by atoms with E-state index in [4.69, 9.17) is 4.74 Å². The lowest BCUT2D eigenvalue weighted by atomic mass is 9.90. The molecule has 3 aliphatic heterocycles. The third-order valence-corrected chi connectivity index (χ3v) is 5.52. The van der Waals surface area contributed by atoms with Gasteiger partial charge in [-0.15, -0.1) is 0 Å². The molecule has 0 bridgehead atoms. The van der Waals surface area contributed by atoms with E-state index in [0.29, 0.717) is 11.7 Å². The summed E-state index contributed by atoms with van der Waals surface area (Å²) in [4.78, 5) is 19.8. The van der Waals surface area contributed by atoms with Gasteiger partial charge in [-0.05, 0) is 80.9 Å². The second-order valence-corrected chi connectivity index (χ2v) is 7.88. The lowest BCUT2D eigenvalue weighted by Crippen LogP contribution is -2.34. The molecule has 1 unspecified atom stereocenters. The van der Waals surface area contributed by atoms with Gasteiger partial charge in [0.2, 0.25) is 11.7 Å². The second kappa shape index (κ2) is 6.90. The second-order valence-electron chi connectivity index (χ2n) is 7.88. The predicted octanol–water partition coefficient (Wildman–Crippen LogP) is 4.16. The first-order valence-electron chi connectivity index (χ1n) is 9.99. The number of aryl methyl sites for hydroxylation is 2. The normalized spacial score (nSPS) is 25.2. The average molecular weight is 352 g/mol. The molecule has 0 amide bonds. The van der Waals surface area contributed by atoms with Crippen LogP contribution in [0.25, 0.3) is 6.08 Å². The number of hydrogen-bond donors (Lipinski definition) is 0. The first-order chi connectivity index (χ1) is 12.6. The van der Waals surface area contributed by atoms with Crippen LogP contribution in [0, 0.1) is 5.92 Å². The molecule has 138 valence electrons. The molecule has 1 fully saturated rings. The lowest BCUT2D eigenvalue weighted by molar-refractivity contribution is -0.117. The smallest absolute Gasteiger partial charge is 0.210 e. The van der Waals surface area contributed by atoms with Gasteiger partial charge in [0.25, 0.3) is 0 Å². The number of ketones is 1. The largest absolute Gasteiger partial charge is 0.439 e. The van der Waals surface area contributed by atoms with Crippen LogP contribution in [0.1, 0.15) is 56.7 Å². The van der Waals surface area contributed by atoms with Crippen LogP contribution in [0.5, 0.6) is 0 Å². The summed E-state index contributed by atoms with van der Waals surface area (Å²) in [5.41, 5.74) is 5.39. The summed E-state index contributed by atoms with van der Waals surface area (Å²) in [5.74, 6) is 0.881. The number of carbonyl (C=O) groups excluding carboxylic acids is 1. The standard InChI is InChI=1S/C22H28N2O2/c1-4-18-21(25)19(26-22(18)23-14(2)3)13-15-11-16-7-5-9-24-10-6-8-17(12-15)20(16)24/h11-14,18H,4-10H2,1-3H3/b19-13+,23-22?. The Hall–Kier alpha value is -2.10. The molecule has 0 aromatic heterocycles. The van der Waals surface area contributed by atoms with Crippen LogP contribution in [-0.4, -0.2) is 30.8 Å². The Morgan fingerprint density at radius 3 is 2.46 bits per heavy atom. The summed E-state index contributed by atoms with van der Waals surface area (Å²) in [7, 11) is 0. The third-order valence-electron chi connectivity index (χ3n) is 5.52. The summed E-state index contributed by atoms with van der Waals surface area (Å²) in [6, 6.07) is 4.63. The number of hydrogen-bond acceptors (Lipinski definition) is 4. The average Bonchev–Trinajstić information content (AvgIpc) is 2.89. The summed E-state index contributed by atoms with van der Waals surface area (Å²) < 4.78 is 5.90. The van der Waals surface area contributed by atoms with Crippen molar-refractivity contribution in [3.63, 3.8) is 0 Å². The number of benzene rings is 1. The van der Waals surface area contributed by atoms with Gasteiger partial charge in [0.15, 0.2) is 5.76 Å². The molecule has 4 nitrogen and oxygen atoms in total. The van der Waals surface area contributed by atoms with Crippen molar-refractivity contribution in [1.82, 2.24) is 0 Å². The van der Waals surface area contributed by atoms with E-state index in [9.17, 15) is 4.79 Å². The quantitative estimate of drug-likeness (QED) is 0.767. The van der Waals surface area contributed by atoms with Crippen molar-refractivity contribution in [3.05, 3.63) is 34.6 Å². The number of nitrogens with zero attached hydrogens (tertiary/aromatic N) is 2. The Kier molecular flexibility index (Phi) is 4.60. The Bertz CT molecular complexity index is 760. The molecule has 0 saturated carbocycles. The number of carbonyl (C=O) groups is 1. The number of anilines is 1. The van der Waals surface area contributed by atoms with Gasteiger partial charge < -0.3 is 9.64 Å². The van der Waals surface area contributed by atoms with Gasteiger partial charge in [0, 0.05) is 24.8 Å². The van der Waals surface area contributed by atoms with Gasteiger partial charge in [-0.25, -0.2) is 0 Å². The van der Waals surface area contributed by atoms with Crippen molar-refractivity contribution in [2.24, 2.45) is 10.9 Å². The summed E-state index contributed by atoms with van der Waals surface area (Å²) in [6.07, 6.45) is 7.34. The molecule has 26 heavy (non-hydrogen) atoms. The fourth-order valence-corrected chi connectivity index (χ4v) is 4.41. The van der Waals surface area contributed by atoms with Gasteiger partial charge in [-0.2, -0.15) is 0 Å². The highest BCUT2D eigenvalue weighted by Crippen LogP contribution is 2.37. The van der Waals surface area contributed by atoms with Gasteiger partial charge in [-0.3, -0.25) is 9.79 Å². The molecule has 1 atom stereocenters. The maximum absolute atomic E-state index is 12.8. The van der Waals surface area contributed by atoms with Crippen LogP contribution in [-0.2, 0) is 22.4 Å². The van der Waals surface area contributed by atoms with Crippen LogP contribution in [0.3, 0.4) is 0 Å². The lowest BCUT2D eigenvalue weighted by Gasteiger charge is -2.37. The Morgan fingerprint density at radius 2 is 1.88 bits per heavy atom. The number of aliphatic imine (C=N–C) groups is 1. The van der Waals surface area contributed by atoms with Crippen molar-refractivity contribution < 1.29 is 9.53 Å². The predicted molar refractivity (Wildman–Crippen MR) is 106 cm³/mol. The number of Topliss-reactive ketones (excluding diaryl/α,β-unsaturated/α-hetero) is 1. The van der Waals surface area contributed by atoms with E-state index in [1.807, 2.05) is 26.8 Å². The Morgan fingerprint density at radius 1 is 1.23 bits per heavy atom. The molecule has 4 heteroatoms. The first kappa shape index (κ1) is 17.3. The zero-order valence-electron chi connectivity index (χ0n) is 16.0. The van der Waals surface area contributed by atoms with E-state index in [2.05, 4.69) is 22.0 Å². The highest BCUT2D eigenvalue weighted by atomic mass is 16.5. The number of allylic oxidation sites excluding steroid dienone is 1. The monoisotopic (exact) mass is 352 g/mol. The Labute approximate surface area is 155 Å². The van der Waals surface area contributed by atoms with Crippen molar-refractivity contribution in [3.8, 4) is 0 Å². The van der Waals surface area contributed by atoms with Gasteiger partial charge in [0.05, 0.1) is 0 Å². The minimum absolute atomic E-state index is 0.0693. The van der Waals surface area contributed by atoms with Crippen molar-refractivity contribution >= 4 is 23.4 Å². The molecule has 3 aliphatic rings. The molecule has 3 heterocycles. The highest BCUT2D eigenvalue weighted by molar-refractivity contribution is 6.16. The molecule has 1 aromatic carbocycles. The van der Waals surface area contributed by atoms with E-state index < -0.39 is 0 Å². The van der Waals surface area contributed by atoms with E-state index >= 15 is 0 Å². The van der Waals surface area contributed by atoms with Crippen LogP contribution in [0.4, 0.5) is 5.69 Å². The molecule has 4 rings (SSSR count). The zero-order valence-corrected chi connectivity index (χ0v) is 16.0. The minimum atomic E-state index is -0.227. The van der Waals surface area contributed by atoms with Crippen molar-refractivity contribution in [1.29, 1.82) is 0 Å². The molecular formula is C22H28N2O2. The topological polar surface area (TPSA) is 41.9 Å². The number of ether oxygens (including phenoxy) is 1. The highest BCUT2D eigenvalue weighted by Gasteiger charge is 2.37. The van der Waals surface area contributed by atoms with Gasteiger partial charge in [-0.1, -0.05) is 6.92 Å². The van der Waals surface area contributed by atoms with Crippen molar-refractivity contribution in [2.75, 3.05) is 18.0 Å². The zero-order chi connectivity index (χ0) is 18.3. The maximum Gasteiger partial charge on any atom is 0.210 e. The first-order valence-corrected chi connectivity index (χ1v) is 9.99. The van der Waals surface area contributed by atoms with Gasteiger partial charge in [0.1, 0.15) is 5.92 Å².